The molecule has 0 unspecified atom stereocenters. The molecule has 0 atom stereocenters. The number of rotatable bonds is 4. The highest BCUT2D eigenvalue weighted by molar-refractivity contribution is 6.32. The van der Waals surface area contributed by atoms with Gasteiger partial charge in [-0.05, 0) is 42.8 Å². The number of anilines is 1. The Morgan fingerprint density at radius 2 is 1.91 bits per heavy atom. The third kappa shape index (κ3) is 3.77. The molecular formula is C16H14ClNO4. The van der Waals surface area contributed by atoms with E-state index in [2.05, 4.69) is 5.32 Å². The molecule has 0 bridgehead atoms. The molecule has 0 radical (unpaired) electrons. The first-order valence-electron chi connectivity index (χ1n) is 6.46. The molecule has 114 valence electrons. The number of aryl methyl sites for hydroxylation is 1. The van der Waals surface area contributed by atoms with Crippen LogP contribution in [0.3, 0.4) is 0 Å². The summed E-state index contributed by atoms with van der Waals surface area (Å²) in [6.45, 7) is 3.21. The second-order valence-corrected chi connectivity index (χ2v) is 5.14. The summed E-state index contributed by atoms with van der Waals surface area (Å²) in [5.74, 6) is -0.768. The van der Waals surface area contributed by atoms with Crippen LogP contribution < -0.4 is 10.1 Å². The number of hydrogen-bond acceptors (Lipinski definition) is 3. The molecule has 0 spiro atoms. The van der Waals surface area contributed by atoms with E-state index in [1.807, 2.05) is 13.0 Å². The summed E-state index contributed by atoms with van der Waals surface area (Å²) in [6, 6.07) is 9.67. The van der Waals surface area contributed by atoms with Gasteiger partial charge in [-0.25, -0.2) is 4.79 Å². The molecular weight excluding hydrogens is 306 g/mol. The van der Waals surface area contributed by atoms with Crippen molar-refractivity contribution in [2.75, 3.05) is 5.32 Å². The van der Waals surface area contributed by atoms with E-state index in [-0.39, 0.29) is 17.2 Å². The molecule has 0 aliphatic carbocycles. The first-order valence-corrected chi connectivity index (χ1v) is 6.83. The summed E-state index contributed by atoms with van der Waals surface area (Å²) in [4.78, 5) is 22.4. The lowest BCUT2D eigenvalue weighted by Gasteiger charge is -2.11. The van der Waals surface area contributed by atoms with Crippen LogP contribution in [0.2, 0.25) is 5.02 Å². The van der Waals surface area contributed by atoms with E-state index in [1.54, 1.807) is 18.2 Å². The van der Waals surface area contributed by atoms with E-state index in [1.165, 1.54) is 19.1 Å². The Morgan fingerprint density at radius 3 is 2.50 bits per heavy atom. The van der Waals surface area contributed by atoms with E-state index in [4.69, 9.17) is 16.3 Å². The minimum atomic E-state index is -1.16. The third-order valence-corrected chi connectivity index (χ3v) is 3.14. The van der Waals surface area contributed by atoms with Gasteiger partial charge in [0.2, 0.25) is 5.91 Å². The van der Waals surface area contributed by atoms with Crippen molar-refractivity contribution in [3.8, 4) is 11.5 Å². The van der Waals surface area contributed by atoms with E-state index >= 15 is 0 Å². The second-order valence-electron chi connectivity index (χ2n) is 4.73. The number of benzene rings is 2. The van der Waals surface area contributed by atoms with Crippen LogP contribution in [0.1, 0.15) is 22.8 Å². The summed E-state index contributed by atoms with van der Waals surface area (Å²) in [5.41, 5.74) is 1.14. The molecule has 5 nitrogen and oxygen atoms in total. The van der Waals surface area contributed by atoms with Crippen molar-refractivity contribution >= 4 is 29.2 Å². The number of aromatic carboxylic acids is 1. The first-order chi connectivity index (χ1) is 10.4. The Balaban J connectivity index is 2.34. The zero-order valence-corrected chi connectivity index (χ0v) is 12.8. The molecule has 0 aromatic heterocycles. The highest BCUT2D eigenvalue weighted by atomic mass is 35.5. The minimum absolute atomic E-state index is 0.0593. The van der Waals surface area contributed by atoms with Crippen LogP contribution in [0.4, 0.5) is 5.69 Å². The van der Waals surface area contributed by atoms with Crippen molar-refractivity contribution in [1.29, 1.82) is 0 Å². The smallest absolute Gasteiger partial charge is 0.337 e. The summed E-state index contributed by atoms with van der Waals surface area (Å²) >= 11 is 6.08. The van der Waals surface area contributed by atoms with Crippen molar-refractivity contribution in [2.24, 2.45) is 0 Å². The average molecular weight is 320 g/mol. The molecule has 0 aliphatic rings. The Morgan fingerprint density at radius 1 is 1.18 bits per heavy atom. The number of carboxylic acid groups (broad SMARTS) is 1. The normalized spacial score (nSPS) is 10.1. The fourth-order valence-corrected chi connectivity index (χ4v) is 2.15. The van der Waals surface area contributed by atoms with E-state index in [9.17, 15) is 14.7 Å². The van der Waals surface area contributed by atoms with E-state index < -0.39 is 5.97 Å². The van der Waals surface area contributed by atoms with Crippen LogP contribution >= 0.6 is 11.6 Å². The average Bonchev–Trinajstić information content (AvgIpc) is 2.42. The third-order valence-electron chi connectivity index (χ3n) is 2.85. The predicted octanol–water partition coefficient (Wildman–Crippen LogP) is 4.10. The van der Waals surface area contributed by atoms with Gasteiger partial charge in [0.15, 0.2) is 0 Å². The standard InChI is InChI=1S/C16H14ClNO4/c1-9-3-6-15(13(17)7-9)22-11-4-5-14(18-10(2)19)12(8-11)16(20)21/h3-8H,1-2H3,(H,18,19)(H,20,21). The number of halogens is 1. The van der Waals surface area contributed by atoms with Gasteiger partial charge in [-0.15, -0.1) is 0 Å². The lowest BCUT2D eigenvalue weighted by molar-refractivity contribution is -0.114. The molecule has 0 fully saturated rings. The molecule has 2 rings (SSSR count). The van der Waals surface area contributed by atoms with Gasteiger partial charge < -0.3 is 15.2 Å². The van der Waals surface area contributed by atoms with Crippen LogP contribution in [-0.2, 0) is 4.79 Å². The van der Waals surface area contributed by atoms with Crippen molar-refractivity contribution < 1.29 is 19.4 Å². The highest BCUT2D eigenvalue weighted by Gasteiger charge is 2.13. The number of ether oxygens (including phenoxy) is 1. The SMILES string of the molecule is CC(=O)Nc1ccc(Oc2ccc(C)cc2Cl)cc1C(=O)O. The molecule has 0 saturated carbocycles. The molecule has 2 N–H and O–H groups in total. The first kappa shape index (κ1) is 15.9. The van der Waals surface area contributed by atoms with Crippen molar-refractivity contribution in [1.82, 2.24) is 0 Å². The van der Waals surface area contributed by atoms with Gasteiger partial charge in [-0.1, -0.05) is 17.7 Å². The summed E-state index contributed by atoms with van der Waals surface area (Å²) in [6.07, 6.45) is 0. The molecule has 0 aliphatic heterocycles. The summed E-state index contributed by atoms with van der Waals surface area (Å²) < 4.78 is 5.61. The maximum absolute atomic E-state index is 11.3. The quantitative estimate of drug-likeness (QED) is 0.889. The maximum Gasteiger partial charge on any atom is 0.337 e. The molecule has 6 heteroatoms. The zero-order valence-electron chi connectivity index (χ0n) is 12.0. The number of carboxylic acids is 1. The van der Waals surface area contributed by atoms with Crippen molar-refractivity contribution in [3.63, 3.8) is 0 Å². The fraction of sp³-hybridized carbons (Fsp3) is 0.125. The van der Waals surface area contributed by atoms with Gasteiger partial charge in [0.1, 0.15) is 11.5 Å². The van der Waals surface area contributed by atoms with Gasteiger partial charge in [-0.3, -0.25) is 4.79 Å². The van der Waals surface area contributed by atoms with Crippen LogP contribution in [0.15, 0.2) is 36.4 Å². The Bertz CT molecular complexity index is 743. The topological polar surface area (TPSA) is 75.6 Å². The van der Waals surface area contributed by atoms with Gasteiger partial charge in [0.25, 0.3) is 0 Å². The summed E-state index contributed by atoms with van der Waals surface area (Å²) in [5, 5.41) is 12.1. The fourth-order valence-electron chi connectivity index (χ4n) is 1.88. The summed E-state index contributed by atoms with van der Waals surface area (Å²) in [7, 11) is 0. The van der Waals surface area contributed by atoms with Gasteiger partial charge in [0, 0.05) is 6.92 Å². The largest absolute Gasteiger partial charge is 0.478 e. The Kier molecular flexibility index (Phi) is 4.68. The van der Waals surface area contributed by atoms with Crippen LogP contribution in [0.25, 0.3) is 0 Å². The van der Waals surface area contributed by atoms with Gasteiger partial charge >= 0.3 is 5.97 Å². The van der Waals surface area contributed by atoms with Crippen LogP contribution in [0.5, 0.6) is 11.5 Å². The lowest BCUT2D eigenvalue weighted by Crippen LogP contribution is -2.10. The second kappa shape index (κ2) is 6.49. The molecule has 0 heterocycles. The molecule has 0 saturated heterocycles. The molecule has 2 aromatic rings. The number of nitrogens with one attached hydrogen (secondary N) is 1. The lowest BCUT2D eigenvalue weighted by atomic mass is 10.1. The van der Waals surface area contributed by atoms with Crippen LogP contribution in [0, 0.1) is 6.92 Å². The minimum Gasteiger partial charge on any atom is -0.478 e. The van der Waals surface area contributed by atoms with E-state index in [0.29, 0.717) is 16.5 Å². The number of amides is 1. The highest BCUT2D eigenvalue weighted by Crippen LogP contribution is 2.32. The Labute approximate surface area is 132 Å². The Hall–Kier alpha value is -2.53. The van der Waals surface area contributed by atoms with Crippen molar-refractivity contribution in [3.05, 3.63) is 52.5 Å². The van der Waals surface area contributed by atoms with Crippen LogP contribution in [-0.4, -0.2) is 17.0 Å². The number of hydrogen-bond donors (Lipinski definition) is 2. The number of carbonyl (C=O) groups is 2. The predicted molar refractivity (Wildman–Crippen MR) is 84.0 cm³/mol. The van der Waals surface area contributed by atoms with Gasteiger partial charge in [0.05, 0.1) is 16.3 Å². The zero-order chi connectivity index (χ0) is 16.3. The molecule has 22 heavy (non-hydrogen) atoms. The van der Waals surface area contributed by atoms with Gasteiger partial charge in [-0.2, -0.15) is 0 Å². The molecule has 1 amide bonds. The molecule has 2 aromatic carbocycles. The maximum atomic E-state index is 11.3. The van der Waals surface area contributed by atoms with Crippen molar-refractivity contribution in [2.45, 2.75) is 13.8 Å². The monoisotopic (exact) mass is 319 g/mol. The van der Waals surface area contributed by atoms with E-state index in [0.717, 1.165) is 5.56 Å². The number of carbonyl (C=O) groups excluding carboxylic acids is 1.